The number of amides is 1. The maximum atomic E-state index is 12.5. The standard InChI is InChI=1S/C25H20ClNO4/c1-15(28)27-14-19-11-17(22-9-8-21(31-2)13-23(22)25(29)30)5-3-16(19)4-6-18-12-20(26)7-10-24(18)27/h3-13H,14H2,1-2H3,(H,29,30). The molecule has 0 bridgehead atoms. The van der Waals surface area contributed by atoms with E-state index in [1.54, 1.807) is 23.1 Å². The van der Waals surface area contributed by atoms with E-state index in [9.17, 15) is 14.7 Å². The maximum Gasteiger partial charge on any atom is 0.336 e. The molecule has 0 spiro atoms. The summed E-state index contributed by atoms with van der Waals surface area (Å²) >= 11 is 6.15. The quantitative estimate of drug-likeness (QED) is 0.571. The van der Waals surface area contributed by atoms with Crippen molar-refractivity contribution >= 4 is 41.3 Å². The van der Waals surface area contributed by atoms with E-state index >= 15 is 0 Å². The third-order valence-corrected chi connectivity index (χ3v) is 5.58. The molecule has 0 aliphatic carbocycles. The average molecular weight is 434 g/mol. The molecule has 1 aliphatic rings. The number of carbonyl (C=O) groups is 2. The molecule has 1 amide bonds. The van der Waals surface area contributed by atoms with Gasteiger partial charge >= 0.3 is 5.97 Å². The van der Waals surface area contributed by atoms with Gasteiger partial charge in [0.15, 0.2) is 0 Å². The largest absolute Gasteiger partial charge is 0.497 e. The first-order valence-electron chi connectivity index (χ1n) is 9.67. The third-order valence-electron chi connectivity index (χ3n) is 5.34. The minimum atomic E-state index is -1.03. The molecule has 4 rings (SSSR count). The van der Waals surface area contributed by atoms with Crippen LogP contribution in [0.25, 0.3) is 23.3 Å². The van der Waals surface area contributed by atoms with E-state index in [4.69, 9.17) is 16.3 Å². The van der Waals surface area contributed by atoms with Gasteiger partial charge in [0.25, 0.3) is 0 Å². The molecule has 0 aromatic heterocycles. The molecule has 1 aliphatic heterocycles. The summed E-state index contributed by atoms with van der Waals surface area (Å²) in [5, 5.41) is 10.3. The highest BCUT2D eigenvalue weighted by Crippen LogP contribution is 2.34. The normalized spacial score (nSPS) is 12.4. The van der Waals surface area contributed by atoms with Gasteiger partial charge in [0.05, 0.1) is 24.9 Å². The van der Waals surface area contributed by atoms with Crippen LogP contribution in [0.3, 0.4) is 0 Å². The van der Waals surface area contributed by atoms with E-state index in [1.165, 1.54) is 20.1 Å². The van der Waals surface area contributed by atoms with Gasteiger partial charge in [0.1, 0.15) is 5.75 Å². The fourth-order valence-corrected chi connectivity index (χ4v) is 3.95. The number of rotatable bonds is 3. The Morgan fingerprint density at radius 1 is 1.00 bits per heavy atom. The summed E-state index contributed by atoms with van der Waals surface area (Å²) in [4.78, 5) is 26.0. The minimum Gasteiger partial charge on any atom is -0.497 e. The summed E-state index contributed by atoms with van der Waals surface area (Å²) in [6.07, 6.45) is 3.92. The number of fused-ring (bicyclic) bond motifs is 2. The molecule has 0 radical (unpaired) electrons. The van der Waals surface area contributed by atoms with E-state index in [1.807, 2.05) is 42.5 Å². The van der Waals surface area contributed by atoms with Gasteiger partial charge in [-0.15, -0.1) is 0 Å². The molecule has 1 heterocycles. The molecular formula is C25H20ClNO4. The van der Waals surface area contributed by atoms with Crippen molar-refractivity contribution in [2.24, 2.45) is 0 Å². The van der Waals surface area contributed by atoms with Gasteiger partial charge in [-0.1, -0.05) is 35.9 Å². The number of carboxylic acids is 1. The van der Waals surface area contributed by atoms with E-state index in [-0.39, 0.29) is 11.5 Å². The Kier molecular flexibility index (Phi) is 5.53. The predicted molar refractivity (Wildman–Crippen MR) is 123 cm³/mol. The minimum absolute atomic E-state index is 0.0918. The SMILES string of the molecule is COc1ccc(-c2ccc3c(c2)CN(C(C)=O)c2ccc(Cl)cc2C=C3)c(C(=O)O)c1. The van der Waals surface area contributed by atoms with Crippen molar-refractivity contribution in [2.75, 3.05) is 12.0 Å². The molecule has 0 saturated heterocycles. The van der Waals surface area contributed by atoms with Crippen LogP contribution in [-0.2, 0) is 11.3 Å². The third kappa shape index (κ3) is 4.05. The number of nitrogens with zero attached hydrogens (tertiary/aromatic N) is 1. The van der Waals surface area contributed by atoms with Crippen LogP contribution in [0, 0.1) is 0 Å². The maximum absolute atomic E-state index is 12.5. The van der Waals surface area contributed by atoms with Gasteiger partial charge in [0, 0.05) is 11.9 Å². The average Bonchev–Trinajstić information content (AvgIpc) is 2.74. The van der Waals surface area contributed by atoms with Gasteiger partial charge in [-0.2, -0.15) is 0 Å². The molecule has 6 heteroatoms. The first-order valence-corrected chi connectivity index (χ1v) is 10.1. The summed E-state index contributed by atoms with van der Waals surface area (Å²) < 4.78 is 5.17. The smallest absolute Gasteiger partial charge is 0.336 e. The Morgan fingerprint density at radius 3 is 2.48 bits per heavy atom. The lowest BCUT2D eigenvalue weighted by atomic mass is 9.94. The molecule has 0 fully saturated rings. The fraction of sp³-hybridized carbons (Fsp3) is 0.120. The molecule has 3 aromatic rings. The number of hydrogen-bond donors (Lipinski definition) is 1. The van der Waals surface area contributed by atoms with Gasteiger partial charge in [0.2, 0.25) is 5.91 Å². The van der Waals surface area contributed by atoms with Crippen LogP contribution in [0.1, 0.15) is 34.0 Å². The first kappa shape index (κ1) is 20.7. The van der Waals surface area contributed by atoms with Crippen LogP contribution in [0.15, 0.2) is 54.6 Å². The Labute approximate surface area is 185 Å². The molecule has 0 unspecified atom stereocenters. The highest BCUT2D eigenvalue weighted by molar-refractivity contribution is 6.30. The fourth-order valence-electron chi connectivity index (χ4n) is 3.77. The molecule has 156 valence electrons. The Bertz CT molecular complexity index is 1230. The number of carbonyl (C=O) groups excluding carboxylic acids is 1. The summed E-state index contributed by atoms with van der Waals surface area (Å²) in [6, 6.07) is 16.2. The zero-order valence-corrected chi connectivity index (χ0v) is 17.8. The Morgan fingerprint density at radius 2 is 1.77 bits per heavy atom. The number of ether oxygens (including phenoxy) is 1. The van der Waals surface area contributed by atoms with Crippen LogP contribution >= 0.6 is 11.6 Å². The van der Waals surface area contributed by atoms with Crippen molar-refractivity contribution in [3.8, 4) is 16.9 Å². The van der Waals surface area contributed by atoms with Gasteiger partial charge in [-0.05, 0) is 70.3 Å². The molecule has 1 N–H and O–H groups in total. The molecule has 0 saturated carbocycles. The van der Waals surface area contributed by atoms with Gasteiger partial charge < -0.3 is 14.7 Å². The number of methoxy groups -OCH3 is 1. The molecular weight excluding hydrogens is 414 g/mol. The summed E-state index contributed by atoms with van der Waals surface area (Å²) in [5.41, 5.74) is 5.00. The first-order chi connectivity index (χ1) is 14.9. The van der Waals surface area contributed by atoms with Crippen LogP contribution in [0.2, 0.25) is 5.02 Å². The lowest BCUT2D eigenvalue weighted by molar-refractivity contribution is -0.116. The second-order valence-electron chi connectivity index (χ2n) is 7.27. The van der Waals surface area contributed by atoms with Crippen LogP contribution < -0.4 is 9.64 Å². The van der Waals surface area contributed by atoms with Crippen molar-refractivity contribution in [1.82, 2.24) is 0 Å². The van der Waals surface area contributed by atoms with Crippen molar-refractivity contribution in [3.63, 3.8) is 0 Å². The number of anilines is 1. The van der Waals surface area contributed by atoms with Gasteiger partial charge in [-0.25, -0.2) is 4.79 Å². The molecule has 0 atom stereocenters. The topological polar surface area (TPSA) is 66.8 Å². The van der Waals surface area contributed by atoms with Gasteiger partial charge in [-0.3, -0.25) is 4.79 Å². The Hall–Kier alpha value is -3.57. The summed E-state index contributed by atoms with van der Waals surface area (Å²) in [7, 11) is 1.50. The Balaban J connectivity index is 1.85. The molecule has 3 aromatic carbocycles. The second-order valence-corrected chi connectivity index (χ2v) is 7.71. The number of carboxylic acid groups (broad SMARTS) is 1. The van der Waals surface area contributed by atoms with Crippen molar-refractivity contribution in [3.05, 3.63) is 81.9 Å². The number of aromatic carboxylic acids is 1. The highest BCUT2D eigenvalue weighted by Gasteiger charge is 2.20. The van der Waals surface area contributed by atoms with E-state index < -0.39 is 5.97 Å². The predicted octanol–water partition coefficient (Wildman–Crippen LogP) is 5.75. The number of halogens is 1. The lowest BCUT2D eigenvalue weighted by Gasteiger charge is -2.26. The monoisotopic (exact) mass is 433 g/mol. The number of benzene rings is 3. The zero-order valence-electron chi connectivity index (χ0n) is 17.1. The van der Waals surface area contributed by atoms with Crippen molar-refractivity contribution in [1.29, 1.82) is 0 Å². The number of hydrogen-bond acceptors (Lipinski definition) is 3. The van der Waals surface area contributed by atoms with E-state index in [2.05, 4.69) is 0 Å². The molecule has 5 nitrogen and oxygen atoms in total. The van der Waals surface area contributed by atoms with Crippen LogP contribution in [0.5, 0.6) is 5.75 Å². The summed E-state index contributed by atoms with van der Waals surface area (Å²) in [6.45, 7) is 1.88. The van der Waals surface area contributed by atoms with Crippen LogP contribution in [0.4, 0.5) is 5.69 Å². The second kappa shape index (κ2) is 8.28. The summed E-state index contributed by atoms with van der Waals surface area (Å²) in [5.74, 6) is -0.643. The lowest BCUT2D eigenvalue weighted by Crippen LogP contribution is -2.29. The van der Waals surface area contributed by atoms with Crippen molar-refractivity contribution in [2.45, 2.75) is 13.5 Å². The van der Waals surface area contributed by atoms with E-state index in [0.29, 0.717) is 22.9 Å². The highest BCUT2D eigenvalue weighted by atomic mass is 35.5. The molecule has 31 heavy (non-hydrogen) atoms. The van der Waals surface area contributed by atoms with E-state index in [0.717, 1.165) is 27.9 Å². The van der Waals surface area contributed by atoms with Crippen LogP contribution in [-0.4, -0.2) is 24.1 Å². The zero-order chi connectivity index (χ0) is 22.1. The van der Waals surface area contributed by atoms with Crippen molar-refractivity contribution < 1.29 is 19.4 Å².